The first-order chi connectivity index (χ1) is 11.5. The van der Waals surface area contributed by atoms with E-state index in [0.717, 1.165) is 38.5 Å². The Morgan fingerprint density at radius 1 is 1.33 bits per heavy atom. The molecule has 0 aliphatic heterocycles. The van der Waals surface area contributed by atoms with Gasteiger partial charge in [0.2, 0.25) is 5.78 Å². The third-order valence-electron chi connectivity index (χ3n) is 4.33. The molecule has 0 aromatic rings. The van der Waals surface area contributed by atoms with E-state index in [1.165, 1.54) is 11.6 Å². The summed E-state index contributed by atoms with van der Waals surface area (Å²) in [5.41, 5.74) is 1.99. The van der Waals surface area contributed by atoms with E-state index >= 15 is 0 Å². The molecule has 0 aromatic carbocycles. The maximum Gasteiger partial charge on any atom is 0.223 e. The molecule has 0 bridgehead atoms. The summed E-state index contributed by atoms with van der Waals surface area (Å²) < 4.78 is 0. The quantitative estimate of drug-likeness (QED) is 0.417. The Kier molecular flexibility index (Phi) is 8.45. The predicted octanol–water partition coefficient (Wildman–Crippen LogP) is 5.40. The summed E-state index contributed by atoms with van der Waals surface area (Å²) in [4.78, 5) is 24.6. The van der Waals surface area contributed by atoms with Crippen LogP contribution in [0.15, 0.2) is 47.3 Å². The maximum atomic E-state index is 12.3. The van der Waals surface area contributed by atoms with Gasteiger partial charge in [0.25, 0.3) is 0 Å². The predicted molar refractivity (Wildman–Crippen MR) is 98.9 cm³/mol. The lowest BCUT2D eigenvalue weighted by molar-refractivity contribution is -0.118. The highest BCUT2D eigenvalue weighted by atomic mass is 16.3. The Morgan fingerprint density at radius 3 is 2.58 bits per heavy atom. The number of rotatable bonds is 5. The van der Waals surface area contributed by atoms with E-state index in [1.54, 1.807) is 6.08 Å². The van der Waals surface area contributed by atoms with Crippen molar-refractivity contribution in [1.29, 1.82) is 0 Å². The number of aliphatic hydroxyl groups excluding tert-OH is 1. The SMILES string of the molecule is C=CC.CCCCCC1=CC(=O)C(C2C=C(C)CCC2)=C(O)C1=O. The van der Waals surface area contributed by atoms with E-state index in [9.17, 15) is 14.7 Å². The highest BCUT2D eigenvalue weighted by Crippen LogP contribution is 2.33. The summed E-state index contributed by atoms with van der Waals surface area (Å²) in [6.07, 6.45) is 11.6. The minimum Gasteiger partial charge on any atom is -0.504 e. The summed E-state index contributed by atoms with van der Waals surface area (Å²) in [6, 6.07) is 0. The van der Waals surface area contributed by atoms with Crippen LogP contribution in [0, 0.1) is 5.92 Å². The number of allylic oxidation sites excluding steroid dienone is 6. The van der Waals surface area contributed by atoms with Crippen LogP contribution >= 0.6 is 0 Å². The van der Waals surface area contributed by atoms with Crippen LogP contribution in [0.3, 0.4) is 0 Å². The highest BCUT2D eigenvalue weighted by molar-refractivity contribution is 6.21. The van der Waals surface area contributed by atoms with Crippen molar-refractivity contribution in [2.75, 3.05) is 0 Å². The zero-order valence-corrected chi connectivity index (χ0v) is 15.2. The molecule has 0 aromatic heterocycles. The summed E-state index contributed by atoms with van der Waals surface area (Å²) in [5.74, 6) is -0.958. The number of hydrogen-bond acceptors (Lipinski definition) is 3. The van der Waals surface area contributed by atoms with Crippen molar-refractivity contribution in [3.8, 4) is 0 Å². The second kappa shape index (κ2) is 10.1. The normalized spacial score (nSPS) is 20.9. The van der Waals surface area contributed by atoms with Gasteiger partial charge >= 0.3 is 0 Å². The van der Waals surface area contributed by atoms with Crippen LogP contribution in [0.1, 0.15) is 65.7 Å². The second-order valence-electron chi connectivity index (χ2n) is 6.50. The molecule has 1 unspecified atom stereocenters. The van der Waals surface area contributed by atoms with Crippen LogP contribution in [0.4, 0.5) is 0 Å². The molecule has 2 aliphatic carbocycles. The van der Waals surface area contributed by atoms with E-state index in [1.807, 2.05) is 19.9 Å². The standard InChI is InChI=1S/C18H24O3.C3H6/c1-3-4-5-8-14-11-15(19)16(18(21)17(14)20)13-9-6-7-12(2)10-13;1-3-2/h10-11,13,21H,3-9H2,1-2H3;3H,1H2,2H3. The monoisotopic (exact) mass is 330 g/mol. The largest absolute Gasteiger partial charge is 0.504 e. The smallest absolute Gasteiger partial charge is 0.223 e. The zero-order valence-electron chi connectivity index (χ0n) is 15.2. The lowest BCUT2D eigenvalue weighted by atomic mass is 9.79. The van der Waals surface area contributed by atoms with E-state index in [2.05, 4.69) is 13.5 Å². The van der Waals surface area contributed by atoms with Gasteiger partial charge in [-0.25, -0.2) is 0 Å². The number of carbonyl (C=O) groups is 2. The van der Waals surface area contributed by atoms with Gasteiger partial charge in [-0.15, -0.1) is 6.58 Å². The summed E-state index contributed by atoms with van der Waals surface area (Å²) in [6.45, 7) is 9.38. The lowest BCUT2D eigenvalue weighted by Gasteiger charge is -2.24. The van der Waals surface area contributed by atoms with Crippen molar-refractivity contribution in [2.45, 2.75) is 65.7 Å². The summed E-state index contributed by atoms with van der Waals surface area (Å²) in [7, 11) is 0. The van der Waals surface area contributed by atoms with Crippen molar-refractivity contribution >= 4 is 11.6 Å². The number of Topliss-reactive ketones (excluding diaryl/α,β-unsaturated/α-hetero) is 1. The number of carbonyl (C=O) groups excluding carboxylic acids is 2. The number of aliphatic hydroxyl groups is 1. The molecule has 24 heavy (non-hydrogen) atoms. The van der Waals surface area contributed by atoms with Gasteiger partial charge in [-0.3, -0.25) is 9.59 Å². The van der Waals surface area contributed by atoms with Gasteiger partial charge in [-0.2, -0.15) is 0 Å². The second-order valence-corrected chi connectivity index (χ2v) is 6.50. The van der Waals surface area contributed by atoms with E-state index in [-0.39, 0.29) is 23.2 Å². The molecule has 0 fully saturated rings. The summed E-state index contributed by atoms with van der Waals surface area (Å²) >= 11 is 0. The van der Waals surface area contributed by atoms with Crippen LogP contribution in [-0.2, 0) is 9.59 Å². The van der Waals surface area contributed by atoms with Gasteiger partial charge < -0.3 is 5.11 Å². The fourth-order valence-corrected chi connectivity index (χ4v) is 3.14. The maximum absolute atomic E-state index is 12.3. The summed E-state index contributed by atoms with van der Waals surface area (Å²) in [5, 5.41) is 10.2. The van der Waals surface area contributed by atoms with Crippen LogP contribution in [0.5, 0.6) is 0 Å². The Bertz CT molecular complexity index is 576. The topological polar surface area (TPSA) is 54.4 Å². The molecule has 1 atom stereocenters. The molecular weight excluding hydrogens is 300 g/mol. The molecular formula is C21H30O3. The molecule has 132 valence electrons. The van der Waals surface area contributed by atoms with E-state index < -0.39 is 0 Å². The van der Waals surface area contributed by atoms with Crippen LogP contribution < -0.4 is 0 Å². The molecule has 2 rings (SSSR count). The van der Waals surface area contributed by atoms with Gasteiger partial charge in [-0.1, -0.05) is 37.5 Å². The molecule has 0 saturated heterocycles. The highest BCUT2D eigenvalue weighted by Gasteiger charge is 2.32. The molecule has 0 spiro atoms. The van der Waals surface area contributed by atoms with Gasteiger partial charge in [0.15, 0.2) is 11.5 Å². The molecule has 1 N–H and O–H groups in total. The Hall–Kier alpha value is -1.90. The first-order valence-electron chi connectivity index (χ1n) is 8.93. The lowest BCUT2D eigenvalue weighted by Crippen LogP contribution is -2.24. The van der Waals surface area contributed by atoms with Crippen molar-refractivity contribution in [2.24, 2.45) is 5.92 Å². The minimum atomic E-state index is -0.350. The Labute approximate surface area is 145 Å². The van der Waals surface area contributed by atoms with Gasteiger partial charge in [0, 0.05) is 11.5 Å². The first-order valence-corrected chi connectivity index (χ1v) is 8.93. The Morgan fingerprint density at radius 2 is 2.00 bits per heavy atom. The van der Waals surface area contributed by atoms with Crippen molar-refractivity contribution < 1.29 is 14.7 Å². The van der Waals surface area contributed by atoms with E-state index in [0.29, 0.717) is 17.6 Å². The van der Waals surface area contributed by atoms with Crippen molar-refractivity contribution in [3.05, 3.63) is 47.3 Å². The Balaban J connectivity index is 0.000000891. The molecule has 0 radical (unpaired) electrons. The van der Waals surface area contributed by atoms with E-state index in [4.69, 9.17) is 0 Å². The van der Waals surface area contributed by atoms with Crippen LogP contribution in [0.25, 0.3) is 0 Å². The molecule has 0 saturated carbocycles. The van der Waals surface area contributed by atoms with Crippen LogP contribution in [-0.4, -0.2) is 16.7 Å². The van der Waals surface area contributed by atoms with Crippen LogP contribution in [0.2, 0.25) is 0 Å². The fraction of sp³-hybridized carbons (Fsp3) is 0.524. The van der Waals surface area contributed by atoms with Crippen molar-refractivity contribution in [1.82, 2.24) is 0 Å². The van der Waals surface area contributed by atoms with Gasteiger partial charge in [0.05, 0.1) is 5.57 Å². The average molecular weight is 330 g/mol. The zero-order chi connectivity index (χ0) is 18.1. The van der Waals surface area contributed by atoms with Crippen molar-refractivity contribution in [3.63, 3.8) is 0 Å². The molecule has 3 heteroatoms. The molecule has 0 amide bonds. The minimum absolute atomic E-state index is 0.108. The van der Waals surface area contributed by atoms with Gasteiger partial charge in [0.1, 0.15) is 0 Å². The number of ketones is 2. The number of hydrogen-bond donors (Lipinski definition) is 1. The van der Waals surface area contributed by atoms with Gasteiger partial charge in [-0.05, 0) is 52.0 Å². The third kappa shape index (κ3) is 5.33. The molecule has 0 heterocycles. The molecule has 3 nitrogen and oxygen atoms in total. The first kappa shape index (κ1) is 20.1. The number of unbranched alkanes of at least 4 members (excludes halogenated alkanes) is 2. The molecule has 2 aliphatic rings. The average Bonchev–Trinajstić information content (AvgIpc) is 2.53. The fourth-order valence-electron chi connectivity index (χ4n) is 3.14. The third-order valence-corrected chi connectivity index (χ3v) is 4.33.